The smallest absolute Gasteiger partial charge is 0.321 e. The number of thiazole rings is 1. The summed E-state index contributed by atoms with van der Waals surface area (Å²) in [5, 5.41) is 18.0. The van der Waals surface area contributed by atoms with Crippen LogP contribution in [0.4, 0.5) is 9.93 Å². The van der Waals surface area contributed by atoms with Crippen LogP contribution in [-0.4, -0.2) is 46.8 Å². The molecule has 7 heteroatoms. The number of rotatable bonds is 5. The molecule has 2 aromatic rings. The molecular weight excluding hydrogens is 324 g/mol. The number of carbonyl (C=O) groups is 1. The Bertz CT molecular complexity index is 703. The number of hydrogen-bond acceptors (Lipinski definition) is 5. The summed E-state index contributed by atoms with van der Waals surface area (Å²) in [7, 11) is 0. The van der Waals surface area contributed by atoms with Gasteiger partial charge in [0.1, 0.15) is 0 Å². The predicted molar refractivity (Wildman–Crippen MR) is 95.3 cm³/mol. The summed E-state index contributed by atoms with van der Waals surface area (Å²) in [6, 6.07) is 8.07. The third-order valence-corrected chi connectivity index (χ3v) is 4.89. The van der Waals surface area contributed by atoms with Gasteiger partial charge in [-0.05, 0) is 24.5 Å². The van der Waals surface area contributed by atoms with Gasteiger partial charge >= 0.3 is 6.03 Å². The van der Waals surface area contributed by atoms with Gasteiger partial charge in [-0.3, -0.25) is 10.2 Å². The third kappa shape index (κ3) is 4.53. The molecule has 0 saturated heterocycles. The lowest BCUT2D eigenvalue weighted by atomic mass is 10.00. The molecule has 0 aliphatic carbocycles. The van der Waals surface area contributed by atoms with Crippen molar-refractivity contribution in [2.24, 2.45) is 0 Å². The molecule has 128 valence electrons. The van der Waals surface area contributed by atoms with Crippen molar-refractivity contribution in [1.82, 2.24) is 15.2 Å². The molecule has 0 spiro atoms. The number of carbonyl (C=O) groups excluding carboxylic acids is 1. The van der Waals surface area contributed by atoms with Crippen LogP contribution in [0.1, 0.15) is 16.8 Å². The fourth-order valence-corrected chi connectivity index (χ4v) is 3.52. The molecule has 24 heavy (non-hydrogen) atoms. The Morgan fingerprint density at radius 1 is 1.42 bits per heavy atom. The van der Waals surface area contributed by atoms with E-state index in [1.165, 1.54) is 22.5 Å². The molecule has 2 heterocycles. The fourth-order valence-electron chi connectivity index (χ4n) is 2.84. The lowest BCUT2D eigenvalue weighted by molar-refractivity contribution is 0.106. The number of hydrogen-bond donors (Lipinski definition) is 3. The highest BCUT2D eigenvalue weighted by Gasteiger charge is 2.18. The summed E-state index contributed by atoms with van der Waals surface area (Å²) >= 11 is 1.38. The maximum Gasteiger partial charge on any atom is 0.321 e. The van der Waals surface area contributed by atoms with E-state index in [1.807, 2.05) is 18.4 Å². The van der Waals surface area contributed by atoms with E-state index in [1.54, 1.807) is 0 Å². The van der Waals surface area contributed by atoms with E-state index in [-0.39, 0.29) is 12.6 Å². The molecule has 6 nitrogen and oxygen atoms in total. The first-order valence-electron chi connectivity index (χ1n) is 8.04. The van der Waals surface area contributed by atoms with E-state index in [0.717, 1.165) is 25.2 Å². The number of aromatic nitrogens is 1. The Morgan fingerprint density at radius 3 is 2.96 bits per heavy atom. The highest BCUT2D eigenvalue weighted by molar-refractivity contribution is 7.13. The van der Waals surface area contributed by atoms with Crippen LogP contribution in [0.5, 0.6) is 0 Å². The molecule has 1 unspecified atom stereocenters. The first-order valence-corrected chi connectivity index (χ1v) is 8.92. The maximum atomic E-state index is 11.8. The Labute approximate surface area is 145 Å². The number of nitrogens with zero attached hydrogens (tertiary/aromatic N) is 2. The molecule has 1 aromatic carbocycles. The maximum absolute atomic E-state index is 11.8. The number of β-amino-alcohol motifs (C(OH)–C–C–N with tert-alkyl or cyclic N) is 1. The lowest BCUT2D eigenvalue weighted by Gasteiger charge is -2.30. The average molecular weight is 346 g/mol. The van der Waals surface area contributed by atoms with E-state index in [4.69, 9.17) is 0 Å². The normalized spacial score (nSPS) is 15.6. The second-order valence-corrected chi connectivity index (χ2v) is 6.89. The van der Waals surface area contributed by atoms with Gasteiger partial charge in [0.15, 0.2) is 5.13 Å². The number of aliphatic hydroxyl groups excluding tert-OH is 1. The fraction of sp³-hybridized carbons (Fsp3) is 0.412. The van der Waals surface area contributed by atoms with Gasteiger partial charge in [0.25, 0.3) is 0 Å². The Kier molecular flexibility index (Phi) is 5.44. The number of amides is 2. The zero-order valence-electron chi connectivity index (χ0n) is 13.7. The van der Waals surface area contributed by atoms with Crippen LogP contribution in [0.3, 0.4) is 0 Å². The molecule has 1 atom stereocenters. The first-order chi connectivity index (χ1) is 11.6. The van der Waals surface area contributed by atoms with Crippen LogP contribution in [0.2, 0.25) is 0 Å². The second-order valence-electron chi connectivity index (χ2n) is 6.04. The highest BCUT2D eigenvalue weighted by atomic mass is 32.1. The molecule has 1 aliphatic rings. The summed E-state index contributed by atoms with van der Waals surface area (Å²) in [5.74, 6) is 0. The lowest BCUT2D eigenvalue weighted by Crippen LogP contribution is -2.42. The van der Waals surface area contributed by atoms with Gasteiger partial charge in [0.05, 0.1) is 11.8 Å². The number of aliphatic hydroxyl groups is 1. The van der Waals surface area contributed by atoms with Crippen molar-refractivity contribution in [3.05, 3.63) is 46.5 Å². The van der Waals surface area contributed by atoms with E-state index >= 15 is 0 Å². The van der Waals surface area contributed by atoms with Crippen LogP contribution in [0.25, 0.3) is 0 Å². The summed E-state index contributed by atoms with van der Waals surface area (Å²) in [6.07, 6.45) is 0.402. The Hall–Kier alpha value is -1.96. The zero-order chi connectivity index (χ0) is 16.9. The van der Waals surface area contributed by atoms with Crippen molar-refractivity contribution in [1.29, 1.82) is 0 Å². The van der Waals surface area contributed by atoms with Gasteiger partial charge in [-0.15, -0.1) is 11.3 Å². The Morgan fingerprint density at radius 2 is 2.21 bits per heavy atom. The molecule has 3 rings (SSSR count). The molecule has 0 bridgehead atoms. The van der Waals surface area contributed by atoms with Crippen molar-refractivity contribution >= 4 is 22.5 Å². The van der Waals surface area contributed by atoms with Crippen LogP contribution in [0.15, 0.2) is 29.6 Å². The molecule has 1 aromatic heterocycles. The SMILES string of the molecule is Cc1csc(NC(=O)NCC(O)CN2CCc3ccccc3C2)n1. The van der Waals surface area contributed by atoms with Crippen LogP contribution in [0, 0.1) is 6.92 Å². The van der Waals surface area contributed by atoms with Crippen molar-refractivity contribution in [3.8, 4) is 0 Å². The Balaban J connectivity index is 1.41. The molecule has 0 radical (unpaired) electrons. The van der Waals surface area contributed by atoms with Crippen molar-refractivity contribution in [2.75, 3.05) is 25.0 Å². The predicted octanol–water partition coefficient (Wildman–Crippen LogP) is 1.99. The molecule has 0 saturated carbocycles. The molecule has 0 fully saturated rings. The largest absolute Gasteiger partial charge is 0.390 e. The molecule has 3 N–H and O–H groups in total. The van der Waals surface area contributed by atoms with Gasteiger partial charge in [-0.25, -0.2) is 9.78 Å². The van der Waals surface area contributed by atoms with E-state index in [2.05, 4.69) is 38.7 Å². The van der Waals surface area contributed by atoms with Crippen LogP contribution in [-0.2, 0) is 13.0 Å². The zero-order valence-corrected chi connectivity index (χ0v) is 14.5. The number of benzene rings is 1. The number of nitrogens with one attached hydrogen (secondary N) is 2. The average Bonchev–Trinajstić information content (AvgIpc) is 2.98. The molecule has 1 aliphatic heterocycles. The van der Waals surface area contributed by atoms with Gasteiger partial charge in [-0.1, -0.05) is 24.3 Å². The van der Waals surface area contributed by atoms with Gasteiger partial charge in [0.2, 0.25) is 0 Å². The third-order valence-electron chi connectivity index (χ3n) is 4.02. The summed E-state index contributed by atoms with van der Waals surface area (Å²) in [4.78, 5) is 18.2. The van der Waals surface area contributed by atoms with Crippen LogP contribution >= 0.6 is 11.3 Å². The number of fused-ring (bicyclic) bond motifs is 1. The van der Waals surface area contributed by atoms with Gasteiger partial charge in [-0.2, -0.15) is 0 Å². The topological polar surface area (TPSA) is 77.5 Å². The van der Waals surface area contributed by atoms with Gasteiger partial charge < -0.3 is 10.4 Å². The minimum absolute atomic E-state index is 0.217. The number of urea groups is 1. The van der Waals surface area contributed by atoms with E-state index < -0.39 is 6.10 Å². The second kappa shape index (κ2) is 7.74. The summed E-state index contributed by atoms with van der Waals surface area (Å²) in [5.41, 5.74) is 3.58. The summed E-state index contributed by atoms with van der Waals surface area (Å²) in [6.45, 7) is 4.41. The van der Waals surface area contributed by atoms with Crippen molar-refractivity contribution in [2.45, 2.75) is 26.0 Å². The standard InChI is InChI=1S/C17H22N4O2S/c1-12-11-24-17(19-12)20-16(23)18-8-15(22)10-21-7-6-13-4-2-3-5-14(13)9-21/h2-5,11,15,22H,6-10H2,1H3,(H2,18,19,20,23). The number of anilines is 1. The van der Waals surface area contributed by atoms with Crippen LogP contribution < -0.4 is 10.6 Å². The molecular formula is C17H22N4O2S. The minimum atomic E-state index is -0.598. The first kappa shape index (κ1) is 16.9. The molecule has 2 amide bonds. The van der Waals surface area contributed by atoms with Gasteiger partial charge in [0, 0.05) is 31.6 Å². The number of aryl methyl sites for hydroxylation is 1. The monoisotopic (exact) mass is 346 g/mol. The highest BCUT2D eigenvalue weighted by Crippen LogP contribution is 2.18. The minimum Gasteiger partial charge on any atom is -0.390 e. The van der Waals surface area contributed by atoms with Crippen molar-refractivity contribution < 1.29 is 9.90 Å². The van der Waals surface area contributed by atoms with E-state index in [9.17, 15) is 9.90 Å². The van der Waals surface area contributed by atoms with E-state index in [0.29, 0.717) is 11.7 Å². The van der Waals surface area contributed by atoms with Crippen molar-refractivity contribution in [3.63, 3.8) is 0 Å². The quantitative estimate of drug-likeness (QED) is 0.774. The summed E-state index contributed by atoms with van der Waals surface area (Å²) < 4.78 is 0.